The molecule has 2 fully saturated rings. The summed E-state index contributed by atoms with van der Waals surface area (Å²) in [5.74, 6) is 0. The topological polar surface area (TPSA) is 3.24 Å². The molecule has 1 saturated heterocycles. The van der Waals surface area contributed by atoms with Gasteiger partial charge in [-0.15, -0.1) is 0 Å². The van der Waals surface area contributed by atoms with Crippen LogP contribution >= 0.6 is 0 Å². The Kier molecular flexibility index (Phi) is 3.80. The fraction of sp³-hybridized carbons (Fsp3) is 0.529. The van der Waals surface area contributed by atoms with Gasteiger partial charge in [-0.25, -0.2) is 0 Å². The molecule has 1 aliphatic heterocycles. The molecule has 18 heavy (non-hydrogen) atoms. The summed E-state index contributed by atoms with van der Waals surface area (Å²) in [7, 11) is 0. The molecular formula is C17H23N. The zero-order chi connectivity index (χ0) is 12.2. The molecule has 1 aliphatic carbocycles. The van der Waals surface area contributed by atoms with Crippen molar-refractivity contribution in [2.24, 2.45) is 0 Å². The van der Waals surface area contributed by atoms with Crippen LogP contribution in [0, 0.1) is 0 Å². The average Bonchev–Trinajstić information content (AvgIpc) is 2.55. The quantitative estimate of drug-likeness (QED) is 0.704. The molecule has 0 aromatic heterocycles. The average molecular weight is 241 g/mol. The van der Waals surface area contributed by atoms with Crippen LogP contribution in [0.15, 0.2) is 35.9 Å². The highest BCUT2D eigenvalue weighted by Crippen LogP contribution is 2.30. The Labute approximate surface area is 111 Å². The van der Waals surface area contributed by atoms with Gasteiger partial charge in [0.2, 0.25) is 0 Å². The maximum atomic E-state index is 2.68. The van der Waals surface area contributed by atoms with Crippen molar-refractivity contribution in [3.05, 3.63) is 41.5 Å². The van der Waals surface area contributed by atoms with Gasteiger partial charge in [0.1, 0.15) is 0 Å². The van der Waals surface area contributed by atoms with E-state index in [2.05, 4.69) is 41.3 Å². The largest absolute Gasteiger partial charge is 0.297 e. The van der Waals surface area contributed by atoms with Gasteiger partial charge in [-0.3, -0.25) is 4.90 Å². The molecule has 1 saturated carbocycles. The molecule has 2 aliphatic rings. The van der Waals surface area contributed by atoms with Crippen molar-refractivity contribution in [1.82, 2.24) is 4.90 Å². The van der Waals surface area contributed by atoms with E-state index in [-0.39, 0.29) is 0 Å². The van der Waals surface area contributed by atoms with E-state index in [1.165, 1.54) is 57.2 Å². The number of hydrogen-bond donors (Lipinski definition) is 0. The molecule has 0 N–H and O–H groups in total. The van der Waals surface area contributed by atoms with Gasteiger partial charge in [-0.2, -0.15) is 0 Å². The third-order valence-electron chi connectivity index (χ3n) is 4.35. The SMILES string of the molecule is C(=C1\CCCCCC1N1CCC1)/c1ccccc1. The summed E-state index contributed by atoms with van der Waals surface area (Å²) in [6.07, 6.45) is 10.7. The summed E-state index contributed by atoms with van der Waals surface area (Å²) in [6.45, 7) is 2.63. The Morgan fingerprint density at radius 2 is 1.78 bits per heavy atom. The van der Waals surface area contributed by atoms with E-state index in [0.717, 1.165) is 6.04 Å². The van der Waals surface area contributed by atoms with E-state index < -0.39 is 0 Å². The van der Waals surface area contributed by atoms with Crippen molar-refractivity contribution in [3.8, 4) is 0 Å². The predicted molar refractivity (Wildman–Crippen MR) is 77.5 cm³/mol. The monoisotopic (exact) mass is 241 g/mol. The van der Waals surface area contributed by atoms with Crippen molar-refractivity contribution in [2.75, 3.05) is 13.1 Å². The molecule has 1 heteroatoms. The second kappa shape index (κ2) is 5.71. The van der Waals surface area contributed by atoms with Gasteiger partial charge in [0.05, 0.1) is 0 Å². The molecule has 1 aromatic rings. The van der Waals surface area contributed by atoms with Gasteiger partial charge in [-0.05, 0) is 44.3 Å². The van der Waals surface area contributed by atoms with Gasteiger partial charge in [0.25, 0.3) is 0 Å². The Hall–Kier alpha value is -1.08. The molecule has 1 nitrogen and oxygen atoms in total. The van der Waals surface area contributed by atoms with Crippen molar-refractivity contribution in [2.45, 2.75) is 44.6 Å². The van der Waals surface area contributed by atoms with E-state index in [0.29, 0.717) is 0 Å². The normalized spacial score (nSPS) is 27.8. The molecule has 1 aromatic carbocycles. The smallest absolute Gasteiger partial charge is 0.0310 e. The third kappa shape index (κ3) is 2.67. The summed E-state index contributed by atoms with van der Waals surface area (Å²) < 4.78 is 0. The number of nitrogens with zero attached hydrogens (tertiary/aromatic N) is 1. The zero-order valence-corrected chi connectivity index (χ0v) is 11.1. The van der Waals surface area contributed by atoms with Gasteiger partial charge in [0, 0.05) is 6.04 Å². The third-order valence-corrected chi connectivity index (χ3v) is 4.35. The van der Waals surface area contributed by atoms with E-state index in [1.807, 2.05) is 0 Å². The first-order valence-electron chi connectivity index (χ1n) is 7.43. The second-order valence-electron chi connectivity index (χ2n) is 5.63. The van der Waals surface area contributed by atoms with Crippen LogP contribution in [-0.2, 0) is 0 Å². The van der Waals surface area contributed by atoms with Crippen LogP contribution in [0.1, 0.15) is 44.1 Å². The van der Waals surface area contributed by atoms with Crippen molar-refractivity contribution < 1.29 is 0 Å². The molecule has 1 heterocycles. The van der Waals surface area contributed by atoms with Crippen LogP contribution in [0.2, 0.25) is 0 Å². The van der Waals surface area contributed by atoms with Crippen molar-refractivity contribution in [3.63, 3.8) is 0 Å². The lowest BCUT2D eigenvalue weighted by molar-refractivity contribution is 0.131. The van der Waals surface area contributed by atoms with Crippen LogP contribution in [0.25, 0.3) is 6.08 Å². The maximum Gasteiger partial charge on any atom is 0.0310 e. The van der Waals surface area contributed by atoms with Gasteiger partial charge >= 0.3 is 0 Å². The second-order valence-corrected chi connectivity index (χ2v) is 5.63. The van der Waals surface area contributed by atoms with E-state index >= 15 is 0 Å². The lowest BCUT2D eigenvalue weighted by Crippen LogP contribution is -2.45. The fourth-order valence-corrected chi connectivity index (χ4v) is 3.20. The van der Waals surface area contributed by atoms with Crippen LogP contribution in [0.5, 0.6) is 0 Å². The minimum Gasteiger partial charge on any atom is -0.297 e. The highest BCUT2D eigenvalue weighted by molar-refractivity contribution is 5.54. The summed E-state index contributed by atoms with van der Waals surface area (Å²) in [6, 6.07) is 11.6. The molecule has 1 unspecified atom stereocenters. The molecule has 1 atom stereocenters. The Morgan fingerprint density at radius 3 is 2.50 bits per heavy atom. The van der Waals surface area contributed by atoms with E-state index in [1.54, 1.807) is 5.57 Å². The Bertz CT molecular complexity index is 403. The highest BCUT2D eigenvalue weighted by Gasteiger charge is 2.27. The summed E-state index contributed by atoms with van der Waals surface area (Å²) >= 11 is 0. The molecule has 0 bridgehead atoms. The van der Waals surface area contributed by atoms with Crippen LogP contribution in [-0.4, -0.2) is 24.0 Å². The van der Waals surface area contributed by atoms with Gasteiger partial charge < -0.3 is 0 Å². The Balaban J connectivity index is 1.83. The Morgan fingerprint density at radius 1 is 0.944 bits per heavy atom. The summed E-state index contributed by atoms with van der Waals surface area (Å²) in [5, 5.41) is 0. The van der Waals surface area contributed by atoms with Crippen LogP contribution < -0.4 is 0 Å². The van der Waals surface area contributed by atoms with E-state index in [4.69, 9.17) is 0 Å². The standard InChI is InChI=1S/C17H23N/c1-3-8-15(9-4-1)14-16-10-5-2-6-11-17(16)18-12-7-13-18/h1,3-4,8-9,14,17H,2,5-7,10-13H2/b16-14-. The minimum atomic E-state index is 0.737. The van der Waals surface area contributed by atoms with Gasteiger partial charge in [-0.1, -0.05) is 54.8 Å². The molecule has 0 radical (unpaired) electrons. The molecule has 0 spiro atoms. The molecule has 96 valence electrons. The summed E-state index contributed by atoms with van der Waals surface area (Å²) in [4.78, 5) is 2.68. The lowest BCUT2D eigenvalue weighted by Gasteiger charge is -2.39. The van der Waals surface area contributed by atoms with Crippen LogP contribution in [0.4, 0.5) is 0 Å². The van der Waals surface area contributed by atoms with Crippen molar-refractivity contribution in [1.29, 1.82) is 0 Å². The van der Waals surface area contributed by atoms with Crippen LogP contribution in [0.3, 0.4) is 0 Å². The first kappa shape index (κ1) is 12.0. The zero-order valence-electron chi connectivity index (χ0n) is 11.1. The van der Waals surface area contributed by atoms with Gasteiger partial charge in [0.15, 0.2) is 0 Å². The van der Waals surface area contributed by atoms with Crippen molar-refractivity contribution >= 4 is 6.08 Å². The minimum absolute atomic E-state index is 0.737. The number of benzene rings is 1. The molecule has 3 rings (SSSR count). The first-order chi connectivity index (χ1) is 8.93. The fourth-order valence-electron chi connectivity index (χ4n) is 3.20. The van der Waals surface area contributed by atoms with E-state index in [9.17, 15) is 0 Å². The maximum absolute atomic E-state index is 2.68. The lowest BCUT2D eigenvalue weighted by atomic mass is 9.95. The predicted octanol–water partition coefficient (Wildman–Crippen LogP) is 4.11. The number of likely N-dealkylation sites (tertiary alicyclic amines) is 1. The summed E-state index contributed by atoms with van der Waals surface area (Å²) in [5.41, 5.74) is 3.05. The number of rotatable bonds is 2. The number of hydrogen-bond acceptors (Lipinski definition) is 1. The first-order valence-corrected chi connectivity index (χ1v) is 7.43. The molecule has 0 amide bonds. The molecular weight excluding hydrogens is 218 g/mol. The highest BCUT2D eigenvalue weighted by atomic mass is 15.2.